The molecule has 0 aliphatic carbocycles. The molecule has 0 N–H and O–H groups in total. The summed E-state index contributed by atoms with van der Waals surface area (Å²) in [5.41, 5.74) is 2.28. The predicted molar refractivity (Wildman–Crippen MR) is 121 cm³/mol. The van der Waals surface area contributed by atoms with Crippen molar-refractivity contribution in [2.24, 2.45) is 0 Å². The lowest BCUT2D eigenvalue weighted by atomic mass is 10.1. The number of methoxy groups -OCH3 is 1. The van der Waals surface area contributed by atoms with E-state index < -0.39 is 0 Å². The summed E-state index contributed by atoms with van der Waals surface area (Å²) in [6, 6.07) is 9.29. The van der Waals surface area contributed by atoms with Crippen LogP contribution in [-0.2, 0) is 19.5 Å². The maximum atomic E-state index is 13.4. The predicted octanol–water partition coefficient (Wildman–Crippen LogP) is 2.76. The normalized spacial score (nSPS) is 17.3. The molecule has 2 aromatic rings. The first-order chi connectivity index (χ1) is 14.6. The van der Waals surface area contributed by atoms with E-state index in [2.05, 4.69) is 4.90 Å². The average Bonchev–Trinajstić information content (AvgIpc) is 2.98. The highest BCUT2D eigenvalue weighted by Crippen LogP contribution is 2.26. The van der Waals surface area contributed by atoms with E-state index in [4.69, 9.17) is 16.3 Å². The summed E-state index contributed by atoms with van der Waals surface area (Å²) >= 11 is 8.20. The number of thioether (sulfide) groups is 1. The molecule has 1 fully saturated rings. The molecule has 3 heterocycles. The van der Waals surface area contributed by atoms with Gasteiger partial charge >= 0.3 is 0 Å². The van der Waals surface area contributed by atoms with Crippen LogP contribution in [0.15, 0.2) is 35.1 Å². The van der Waals surface area contributed by atoms with Gasteiger partial charge in [-0.3, -0.25) is 14.5 Å². The third kappa shape index (κ3) is 4.38. The van der Waals surface area contributed by atoms with Crippen LogP contribution in [0.2, 0.25) is 5.02 Å². The molecule has 0 unspecified atom stereocenters. The summed E-state index contributed by atoms with van der Waals surface area (Å²) < 4.78 is 7.24. The van der Waals surface area contributed by atoms with E-state index in [9.17, 15) is 9.59 Å². The highest BCUT2D eigenvalue weighted by molar-refractivity contribution is 7.99. The van der Waals surface area contributed by atoms with Crippen LogP contribution in [0, 0.1) is 0 Å². The van der Waals surface area contributed by atoms with E-state index in [-0.39, 0.29) is 11.5 Å². The SMILES string of the molecule is COc1cc(=O)n2c(c1C(=O)N1CCSCC1)CCN(Cc1ccccc1Cl)CC2. The van der Waals surface area contributed by atoms with Gasteiger partial charge in [-0.05, 0) is 11.6 Å². The van der Waals surface area contributed by atoms with Crippen molar-refractivity contribution in [2.45, 2.75) is 19.5 Å². The van der Waals surface area contributed by atoms with Crippen LogP contribution in [0.1, 0.15) is 21.6 Å². The van der Waals surface area contributed by atoms with Crippen molar-refractivity contribution in [3.05, 3.63) is 62.5 Å². The molecule has 1 amide bonds. The number of nitrogens with zero attached hydrogens (tertiary/aromatic N) is 3. The zero-order valence-electron chi connectivity index (χ0n) is 17.1. The minimum Gasteiger partial charge on any atom is -0.496 e. The van der Waals surface area contributed by atoms with Crippen molar-refractivity contribution < 1.29 is 9.53 Å². The molecule has 0 bridgehead atoms. The molecule has 0 atom stereocenters. The van der Waals surface area contributed by atoms with Gasteiger partial charge in [0.2, 0.25) is 0 Å². The van der Waals surface area contributed by atoms with E-state index >= 15 is 0 Å². The number of rotatable bonds is 4. The van der Waals surface area contributed by atoms with Gasteiger partial charge in [-0.15, -0.1) is 0 Å². The van der Waals surface area contributed by atoms with Gasteiger partial charge in [0.15, 0.2) is 0 Å². The lowest BCUT2D eigenvalue weighted by molar-refractivity contribution is 0.0766. The molecule has 160 valence electrons. The average molecular weight is 448 g/mol. The first kappa shape index (κ1) is 21.3. The van der Waals surface area contributed by atoms with Gasteiger partial charge in [0.25, 0.3) is 11.5 Å². The van der Waals surface area contributed by atoms with Gasteiger partial charge in [-0.25, -0.2) is 0 Å². The number of halogens is 1. The first-order valence-corrected chi connectivity index (χ1v) is 11.7. The summed E-state index contributed by atoms with van der Waals surface area (Å²) in [7, 11) is 1.52. The summed E-state index contributed by atoms with van der Waals surface area (Å²) in [5, 5.41) is 0.747. The number of fused-ring (bicyclic) bond motifs is 1. The summed E-state index contributed by atoms with van der Waals surface area (Å²) in [6.07, 6.45) is 0.612. The molecule has 0 spiro atoms. The van der Waals surface area contributed by atoms with Crippen LogP contribution in [0.4, 0.5) is 0 Å². The van der Waals surface area contributed by atoms with Crippen LogP contribution < -0.4 is 10.3 Å². The monoisotopic (exact) mass is 447 g/mol. The highest BCUT2D eigenvalue weighted by atomic mass is 35.5. The lowest BCUT2D eigenvalue weighted by Gasteiger charge is -2.28. The number of hydrogen-bond donors (Lipinski definition) is 0. The van der Waals surface area contributed by atoms with Crippen molar-refractivity contribution in [3.8, 4) is 5.75 Å². The molecule has 30 heavy (non-hydrogen) atoms. The second-order valence-corrected chi connectivity index (χ2v) is 9.18. The number of amides is 1. The number of hydrogen-bond acceptors (Lipinski definition) is 5. The van der Waals surface area contributed by atoms with Crippen LogP contribution >= 0.6 is 23.4 Å². The van der Waals surface area contributed by atoms with Gasteiger partial charge in [0, 0.05) is 74.0 Å². The topological polar surface area (TPSA) is 54.8 Å². The van der Waals surface area contributed by atoms with Crippen LogP contribution in [0.5, 0.6) is 5.75 Å². The molecular formula is C22H26ClN3O3S. The molecule has 0 saturated carbocycles. The number of carbonyl (C=O) groups excluding carboxylic acids is 1. The number of carbonyl (C=O) groups is 1. The highest BCUT2D eigenvalue weighted by Gasteiger charge is 2.29. The van der Waals surface area contributed by atoms with Crippen LogP contribution in [-0.4, -0.2) is 65.1 Å². The Labute approximate surface area is 185 Å². The Balaban J connectivity index is 1.64. The largest absolute Gasteiger partial charge is 0.496 e. The Bertz CT molecular complexity index is 988. The van der Waals surface area contributed by atoms with Gasteiger partial charge in [-0.2, -0.15) is 11.8 Å². The molecule has 1 aromatic carbocycles. The fourth-order valence-electron chi connectivity index (χ4n) is 4.13. The summed E-state index contributed by atoms with van der Waals surface area (Å²) in [5.74, 6) is 2.23. The molecule has 1 saturated heterocycles. The van der Waals surface area contributed by atoms with Crippen molar-refractivity contribution in [2.75, 3.05) is 44.8 Å². The Hall–Kier alpha value is -1.96. The van der Waals surface area contributed by atoms with Crippen LogP contribution in [0.3, 0.4) is 0 Å². The van der Waals surface area contributed by atoms with Crippen molar-refractivity contribution >= 4 is 29.3 Å². The Morgan fingerprint density at radius 1 is 1.13 bits per heavy atom. The molecule has 1 aromatic heterocycles. The first-order valence-electron chi connectivity index (χ1n) is 10.2. The van der Waals surface area contributed by atoms with Gasteiger partial charge in [0.05, 0.1) is 7.11 Å². The lowest BCUT2D eigenvalue weighted by Crippen LogP contribution is -2.39. The summed E-state index contributed by atoms with van der Waals surface area (Å²) in [6.45, 7) is 4.17. The third-order valence-corrected chi connectivity index (χ3v) is 7.08. The minimum absolute atomic E-state index is 0.0320. The van der Waals surface area contributed by atoms with E-state index in [1.54, 1.807) is 4.57 Å². The number of benzene rings is 1. The maximum Gasteiger partial charge on any atom is 0.259 e. The smallest absolute Gasteiger partial charge is 0.259 e. The molecule has 4 rings (SSSR count). The molecular weight excluding hydrogens is 422 g/mol. The van der Waals surface area contributed by atoms with Gasteiger partial charge in [-0.1, -0.05) is 29.8 Å². The van der Waals surface area contributed by atoms with E-state index in [0.29, 0.717) is 30.8 Å². The number of pyridine rings is 1. The Morgan fingerprint density at radius 3 is 2.63 bits per heavy atom. The number of aromatic nitrogens is 1. The number of ether oxygens (including phenoxy) is 1. The molecule has 6 nitrogen and oxygen atoms in total. The third-order valence-electron chi connectivity index (χ3n) is 5.77. The standard InChI is InChI=1S/C22H26ClN3O3S/c1-29-19-14-20(27)26-9-8-24(15-16-4-2-3-5-17(16)23)7-6-18(26)21(19)22(28)25-10-12-30-13-11-25/h2-5,14H,6-13,15H2,1H3. The fraction of sp³-hybridized carbons (Fsp3) is 0.455. The second kappa shape index (κ2) is 9.45. The Morgan fingerprint density at radius 2 is 1.90 bits per heavy atom. The molecule has 0 radical (unpaired) electrons. The van der Waals surface area contributed by atoms with Gasteiger partial charge < -0.3 is 14.2 Å². The molecule has 8 heteroatoms. The van der Waals surface area contributed by atoms with E-state index in [1.807, 2.05) is 40.9 Å². The zero-order valence-corrected chi connectivity index (χ0v) is 18.7. The minimum atomic E-state index is -0.118. The van der Waals surface area contributed by atoms with Gasteiger partial charge in [0.1, 0.15) is 11.3 Å². The molecule has 2 aliphatic heterocycles. The van der Waals surface area contributed by atoms with E-state index in [1.165, 1.54) is 13.2 Å². The van der Waals surface area contributed by atoms with E-state index in [0.717, 1.165) is 54.0 Å². The second-order valence-electron chi connectivity index (χ2n) is 7.55. The summed E-state index contributed by atoms with van der Waals surface area (Å²) in [4.78, 5) is 30.3. The van der Waals surface area contributed by atoms with Crippen molar-refractivity contribution in [1.82, 2.24) is 14.4 Å². The maximum absolute atomic E-state index is 13.4. The van der Waals surface area contributed by atoms with Crippen LogP contribution in [0.25, 0.3) is 0 Å². The quantitative estimate of drug-likeness (QED) is 0.721. The van der Waals surface area contributed by atoms with Crippen molar-refractivity contribution in [1.29, 1.82) is 0 Å². The fourth-order valence-corrected chi connectivity index (χ4v) is 5.23. The zero-order chi connectivity index (χ0) is 21.1. The van der Waals surface area contributed by atoms with Crippen molar-refractivity contribution in [3.63, 3.8) is 0 Å². The molecule has 2 aliphatic rings. The Kier molecular flexibility index (Phi) is 6.71.